The molecule has 0 atom stereocenters. The monoisotopic (exact) mass is 885 g/mol. The Morgan fingerprint density at radius 1 is 0.758 bits per heavy atom. The summed E-state index contributed by atoms with van der Waals surface area (Å²) >= 11 is 9.79. The van der Waals surface area contributed by atoms with Gasteiger partial charge >= 0.3 is 5.66 Å². The van der Waals surface area contributed by atoms with Gasteiger partial charge in [0.05, 0.1) is 40.8 Å². The van der Waals surface area contributed by atoms with Crippen LogP contribution >= 0.6 is 24.4 Å². The molecule has 4 aromatic rings. The fourth-order valence-corrected chi connectivity index (χ4v) is 7.17. The van der Waals surface area contributed by atoms with Crippen molar-refractivity contribution in [1.29, 1.82) is 0 Å². The van der Waals surface area contributed by atoms with Crippen LogP contribution in [0, 0.1) is 48.8 Å². The summed E-state index contributed by atoms with van der Waals surface area (Å²) in [4.78, 5) is 51.8. The fourth-order valence-electron chi connectivity index (χ4n) is 6.60. The van der Waals surface area contributed by atoms with E-state index in [0.717, 1.165) is 42.4 Å². The van der Waals surface area contributed by atoms with Crippen molar-refractivity contribution in [1.82, 2.24) is 10.6 Å². The molecule has 4 aromatic carbocycles. The normalized spacial score (nSPS) is 14.8. The maximum absolute atomic E-state index is 14.7. The van der Waals surface area contributed by atoms with Gasteiger partial charge in [0, 0.05) is 38.3 Å². The molecule has 2 aliphatic carbocycles. The third kappa shape index (κ3) is 9.43. The average Bonchev–Trinajstić information content (AvgIpc) is 3.46. The quantitative estimate of drug-likeness (QED) is 0.0732. The Hall–Kier alpha value is -7.10. The predicted molar refractivity (Wildman–Crippen MR) is 232 cm³/mol. The molecule has 2 saturated carbocycles. The van der Waals surface area contributed by atoms with Crippen molar-refractivity contribution in [3.8, 4) is 0 Å². The van der Waals surface area contributed by atoms with Crippen LogP contribution in [0.5, 0.6) is 0 Å². The van der Waals surface area contributed by atoms with E-state index in [2.05, 4.69) is 52.9 Å². The van der Waals surface area contributed by atoms with Gasteiger partial charge in [0.2, 0.25) is 11.4 Å². The summed E-state index contributed by atoms with van der Waals surface area (Å²) < 4.78 is 70.0. The van der Waals surface area contributed by atoms with Crippen molar-refractivity contribution in [2.75, 3.05) is 29.2 Å². The number of rotatable bonds is 7. The molecule has 3 N–H and O–H groups in total. The third-order valence-corrected chi connectivity index (χ3v) is 10.5. The van der Waals surface area contributed by atoms with E-state index in [1.54, 1.807) is 6.07 Å². The van der Waals surface area contributed by atoms with Crippen LogP contribution in [0.25, 0.3) is 14.5 Å². The van der Waals surface area contributed by atoms with E-state index in [0.29, 0.717) is 36.7 Å². The minimum Gasteiger partial charge on any atom is -0.355 e. The van der Waals surface area contributed by atoms with Crippen LogP contribution in [0.4, 0.5) is 56.1 Å². The molecule has 1 saturated heterocycles. The lowest BCUT2D eigenvalue weighted by Gasteiger charge is -2.43. The molecule has 1 heterocycles. The van der Waals surface area contributed by atoms with Crippen LogP contribution in [-0.4, -0.2) is 53.3 Å². The molecule has 1 spiro atoms. The number of thiocarbonyl (C=S) groups is 2. The molecular formula is C43H36F5N9O3S2. The number of carbonyl (C=O) groups excluding carboxylic acids is 3. The number of hydrogen-bond acceptors (Lipinski definition) is 7. The minimum atomic E-state index is -1.14. The lowest BCUT2D eigenvalue weighted by molar-refractivity contribution is -0.123. The van der Waals surface area contributed by atoms with Gasteiger partial charge in [0.15, 0.2) is 5.11 Å². The number of isothiocyanates is 1. The summed E-state index contributed by atoms with van der Waals surface area (Å²) in [6.45, 7) is 20.6. The van der Waals surface area contributed by atoms with E-state index in [4.69, 9.17) is 31.9 Å². The third-order valence-electron chi connectivity index (χ3n) is 10.1. The molecule has 3 amide bonds. The first-order valence-corrected chi connectivity index (χ1v) is 18.9. The fraction of sp³-hybridized carbons (Fsp3) is 0.256. The highest BCUT2D eigenvalue weighted by Gasteiger charge is 2.60. The number of aliphatic imine (C=N–C) groups is 1. The predicted octanol–water partition coefficient (Wildman–Crippen LogP) is 10.2. The highest BCUT2D eigenvalue weighted by molar-refractivity contribution is 7.81. The molecular weight excluding hydrogens is 850 g/mol. The number of benzene rings is 4. The zero-order valence-corrected chi connectivity index (χ0v) is 33.8. The standard InChI is InChI=1S/C21H15F3N4O2S.C13H14FN3O.C8H3FN2S.CH4/c1-25-16-9-15(24)17(10-14(16)23)27-19(30)21(6-3-7-21)28(20(27)31)11-4-5-12(13(22)8-11)18(29)26-2;1-15-12(18)10-5-4-9(8-11(10)14)17-13(16-2)6-3-7-13;1-10-8-3-2-6(11-5-12)4-7(8)9;/h4-5,8-10H,3,6-7H2,2H3,(H,26,29);4-5,8,17H,3,6-7H2,1H3,(H,15,18);2-4H;1H4. The Kier molecular flexibility index (Phi) is 15.3. The van der Waals surface area contributed by atoms with Crippen molar-refractivity contribution in [2.45, 2.75) is 57.2 Å². The molecule has 0 aromatic heterocycles. The van der Waals surface area contributed by atoms with Crippen LogP contribution in [0.2, 0.25) is 0 Å². The van der Waals surface area contributed by atoms with Crippen molar-refractivity contribution in [3.63, 3.8) is 0 Å². The number of carbonyl (C=O) groups is 3. The summed E-state index contributed by atoms with van der Waals surface area (Å²) in [7, 11) is 2.83. The van der Waals surface area contributed by atoms with E-state index in [9.17, 15) is 36.3 Å². The van der Waals surface area contributed by atoms with E-state index in [1.807, 2.05) is 0 Å². The lowest BCUT2D eigenvalue weighted by atomic mass is 9.75. The van der Waals surface area contributed by atoms with Gasteiger partial charge in [0.25, 0.3) is 17.7 Å². The molecule has 1 aliphatic heterocycles. The Bertz CT molecular complexity index is 2630. The van der Waals surface area contributed by atoms with Crippen molar-refractivity contribution < 1.29 is 36.3 Å². The van der Waals surface area contributed by atoms with Gasteiger partial charge in [-0.3, -0.25) is 24.1 Å². The average molecular weight is 886 g/mol. The Morgan fingerprint density at radius 2 is 1.34 bits per heavy atom. The zero-order valence-electron chi connectivity index (χ0n) is 32.2. The second-order valence-electron chi connectivity index (χ2n) is 13.6. The van der Waals surface area contributed by atoms with Gasteiger partial charge in [-0.25, -0.2) is 38.2 Å². The van der Waals surface area contributed by atoms with Crippen molar-refractivity contribution in [3.05, 3.63) is 141 Å². The second-order valence-corrected chi connectivity index (χ2v) is 14.1. The first-order chi connectivity index (χ1) is 29.1. The van der Waals surface area contributed by atoms with E-state index in [-0.39, 0.29) is 35.0 Å². The zero-order chi connectivity index (χ0) is 44.6. The largest absolute Gasteiger partial charge is 0.355 e. The first-order valence-electron chi connectivity index (χ1n) is 18.1. The first kappa shape index (κ1) is 47.6. The summed E-state index contributed by atoms with van der Waals surface area (Å²) in [5, 5.41) is 9.73. The van der Waals surface area contributed by atoms with E-state index in [1.165, 1.54) is 55.4 Å². The SMILES string of the molecule is C.[C-]#[N+]C1(Nc2ccc(C(=O)NC)c(F)c2)CCC1.[C-]#[N+]c1cc(F)c(N2C(=O)C3(CCC3)N(c3ccc(C(=O)NC)c(F)c3)C2=S)cc1F.[C-]#[N+]c1ccc(N=C=S)cc1F. The van der Waals surface area contributed by atoms with Gasteiger partial charge in [-0.15, -0.1) is 0 Å². The molecule has 3 fully saturated rings. The molecule has 12 nitrogen and oxygen atoms in total. The topological polar surface area (TPSA) is 119 Å². The maximum Gasteiger partial charge on any atom is 0.305 e. The summed E-state index contributed by atoms with van der Waals surface area (Å²) in [6, 6.07) is 13.6. The van der Waals surface area contributed by atoms with Gasteiger partial charge in [-0.2, -0.15) is 4.99 Å². The number of anilines is 3. The molecule has 0 unspecified atom stereocenters. The Labute approximate surface area is 364 Å². The van der Waals surface area contributed by atoms with Crippen LogP contribution in [-0.2, 0) is 4.79 Å². The van der Waals surface area contributed by atoms with Crippen molar-refractivity contribution >= 4 is 86.6 Å². The molecule has 3 aliphatic rings. The second kappa shape index (κ2) is 20.0. The summed E-state index contributed by atoms with van der Waals surface area (Å²) in [6.07, 6.45) is 4.04. The number of nitrogens with zero attached hydrogens (tertiary/aromatic N) is 6. The Balaban J connectivity index is 0.000000230. The van der Waals surface area contributed by atoms with Gasteiger partial charge in [-0.05, 0) is 111 Å². The molecule has 318 valence electrons. The molecule has 19 heteroatoms. The molecule has 62 heavy (non-hydrogen) atoms. The van der Waals surface area contributed by atoms with Crippen LogP contribution < -0.4 is 25.8 Å². The number of halogens is 5. The van der Waals surface area contributed by atoms with Crippen molar-refractivity contribution in [2.24, 2.45) is 4.99 Å². The number of amides is 3. The highest BCUT2D eigenvalue weighted by Crippen LogP contribution is 2.48. The molecule has 7 rings (SSSR count). The number of hydrogen-bond donors (Lipinski definition) is 3. The number of nitrogens with one attached hydrogen (secondary N) is 3. The van der Waals surface area contributed by atoms with Gasteiger partial charge < -0.3 is 20.9 Å². The molecule has 0 bridgehead atoms. The van der Waals surface area contributed by atoms with Gasteiger partial charge in [0.1, 0.15) is 34.6 Å². The van der Waals surface area contributed by atoms with Crippen LogP contribution in [0.3, 0.4) is 0 Å². The van der Waals surface area contributed by atoms with Crippen LogP contribution in [0.1, 0.15) is 66.7 Å². The van der Waals surface area contributed by atoms with E-state index < -0.39 is 69.4 Å². The minimum absolute atomic E-state index is 0. The Morgan fingerprint density at radius 3 is 1.81 bits per heavy atom. The van der Waals surface area contributed by atoms with Crippen LogP contribution in [0.15, 0.2) is 71.7 Å². The lowest BCUT2D eigenvalue weighted by Crippen LogP contribution is -2.55. The maximum atomic E-state index is 14.7. The molecule has 0 radical (unpaired) electrons. The smallest absolute Gasteiger partial charge is 0.305 e. The highest BCUT2D eigenvalue weighted by atomic mass is 32.1. The summed E-state index contributed by atoms with van der Waals surface area (Å²) in [5.74, 6) is -5.55. The van der Waals surface area contributed by atoms with Gasteiger partial charge in [-0.1, -0.05) is 13.5 Å². The summed E-state index contributed by atoms with van der Waals surface area (Å²) in [5.41, 5.74) is -1.69. The van der Waals surface area contributed by atoms with E-state index >= 15 is 0 Å².